The van der Waals surface area contributed by atoms with Gasteiger partial charge < -0.3 is 23.4 Å². The van der Waals surface area contributed by atoms with E-state index < -0.39 is 26.3 Å². The lowest BCUT2D eigenvalue weighted by molar-refractivity contribution is -0.333. The zero-order chi connectivity index (χ0) is 34.3. The lowest BCUT2D eigenvalue weighted by Crippen LogP contribution is -2.69. The third-order valence-electron chi connectivity index (χ3n) is 9.88. The molecule has 0 aliphatic carbocycles. The molecule has 5 atom stereocenters. The largest absolute Gasteiger partial charge is 0.405 e. The van der Waals surface area contributed by atoms with Gasteiger partial charge in [-0.05, 0) is 33.6 Å². The van der Waals surface area contributed by atoms with Gasteiger partial charge in [-0.3, -0.25) is 4.90 Å². The molecule has 260 valence electrons. The van der Waals surface area contributed by atoms with Crippen molar-refractivity contribution in [2.24, 2.45) is 0 Å². The Labute approximate surface area is 298 Å². The van der Waals surface area contributed by atoms with Gasteiger partial charge in [0.2, 0.25) is 0 Å². The molecule has 0 aromatic heterocycles. The van der Waals surface area contributed by atoms with Crippen molar-refractivity contribution >= 4 is 30.5 Å². The number of likely N-dealkylation sites (N-methyl/N-ethyl adjacent to an activating group) is 1. The molecule has 6 nitrogen and oxygen atoms in total. The smallest absolute Gasteiger partial charge is 0.261 e. The number of hydrogen-bond donors (Lipinski definition) is 0. The first-order chi connectivity index (χ1) is 23.8. The average Bonchev–Trinajstić information content (AvgIpc) is 3.58. The van der Waals surface area contributed by atoms with Gasteiger partial charge in [-0.25, -0.2) is 0 Å². The van der Waals surface area contributed by atoms with E-state index in [2.05, 4.69) is 130 Å². The summed E-state index contributed by atoms with van der Waals surface area (Å²) in [4.78, 5) is 2.34. The van der Waals surface area contributed by atoms with Gasteiger partial charge in [0.25, 0.3) is 8.32 Å². The molecule has 0 bridgehead atoms. The van der Waals surface area contributed by atoms with Crippen LogP contribution >= 0.6 is 11.8 Å². The van der Waals surface area contributed by atoms with Crippen molar-refractivity contribution in [3.05, 3.63) is 132 Å². The van der Waals surface area contributed by atoms with Crippen LogP contribution in [0, 0.1) is 0 Å². The summed E-state index contributed by atoms with van der Waals surface area (Å²) in [6.45, 7) is 9.11. The maximum atomic E-state index is 7.53. The standard InChI is InChI=1S/C41H51NO5SSi/c1-40(2,3)49(34-22-14-8-15-23-34,35-24-16-9-17-25-35)46-31-37-38(45-30-33-20-12-7-13-21-33)36(44-29-32-18-10-6-11-19-32)28-41(43-5,47-37)39-42(4)26-27-48-39/h6-25,36-39H,26-31H2,1-5H3/t36-,37-,38+,39?,41?/m1/s1. The monoisotopic (exact) mass is 697 g/mol. The van der Waals surface area contributed by atoms with Crippen LogP contribution in [-0.4, -0.2) is 75.8 Å². The summed E-state index contributed by atoms with van der Waals surface area (Å²) < 4.78 is 35.0. The van der Waals surface area contributed by atoms with Crippen LogP contribution in [0.2, 0.25) is 5.04 Å². The maximum absolute atomic E-state index is 7.53. The summed E-state index contributed by atoms with van der Waals surface area (Å²) in [5, 5.41) is 2.28. The first-order valence-corrected chi connectivity index (χ1v) is 20.3. The van der Waals surface area contributed by atoms with Crippen LogP contribution in [0.3, 0.4) is 0 Å². The Morgan fingerprint density at radius 1 is 0.776 bits per heavy atom. The Morgan fingerprint density at radius 3 is 1.76 bits per heavy atom. The fraction of sp³-hybridized carbons (Fsp3) is 0.415. The van der Waals surface area contributed by atoms with Gasteiger partial charge in [0.05, 0.1) is 25.9 Å². The SMILES string of the molecule is COC1(C2SCCN2C)C[C@@H](OCc2ccccc2)[C@H](OCc2ccccc2)[C@@H](CO[Si](c2ccccc2)(c2ccccc2)C(C)(C)C)O1. The summed E-state index contributed by atoms with van der Waals surface area (Å²) in [5.41, 5.74) is 2.22. The fourth-order valence-corrected chi connectivity index (χ4v) is 13.5. The van der Waals surface area contributed by atoms with Gasteiger partial charge in [-0.15, -0.1) is 11.8 Å². The lowest BCUT2D eigenvalue weighted by atomic mass is 9.94. The Morgan fingerprint density at radius 2 is 1.29 bits per heavy atom. The van der Waals surface area contributed by atoms with Crippen molar-refractivity contribution in [1.29, 1.82) is 0 Å². The second-order valence-electron chi connectivity index (χ2n) is 14.2. The molecule has 6 rings (SSSR count). The zero-order valence-corrected chi connectivity index (χ0v) is 31.3. The highest BCUT2D eigenvalue weighted by Crippen LogP contribution is 2.44. The van der Waals surface area contributed by atoms with Crippen molar-refractivity contribution in [2.75, 3.05) is 33.1 Å². The number of nitrogens with zero attached hydrogens (tertiary/aromatic N) is 1. The first-order valence-electron chi connectivity index (χ1n) is 17.4. The molecule has 0 amide bonds. The third-order valence-corrected chi connectivity index (χ3v) is 16.3. The number of thioether (sulfide) groups is 1. The summed E-state index contributed by atoms with van der Waals surface area (Å²) in [7, 11) is 1.05. The molecule has 0 spiro atoms. The molecule has 0 N–H and O–H groups in total. The van der Waals surface area contributed by atoms with Gasteiger partial charge in [-0.1, -0.05) is 142 Å². The minimum Gasteiger partial charge on any atom is -0.405 e. The molecule has 4 aromatic carbocycles. The fourth-order valence-electron chi connectivity index (χ4n) is 7.42. The molecule has 2 heterocycles. The highest BCUT2D eigenvalue weighted by atomic mass is 32.2. The Bertz CT molecular complexity index is 1540. The molecule has 0 radical (unpaired) electrons. The molecule has 8 heteroatoms. The molecule has 2 aliphatic heterocycles. The summed E-state index contributed by atoms with van der Waals surface area (Å²) >= 11 is 1.88. The molecule has 2 aliphatic rings. The molecule has 2 unspecified atom stereocenters. The normalized spacial score (nSPS) is 25.0. The topological polar surface area (TPSA) is 49.4 Å². The number of rotatable bonds is 13. The highest BCUT2D eigenvalue weighted by molar-refractivity contribution is 8.00. The third kappa shape index (κ3) is 7.92. The number of ether oxygens (including phenoxy) is 4. The van der Waals surface area contributed by atoms with Gasteiger partial charge >= 0.3 is 0 Å². The van der Waals surface area contributed by atoms with E-state index in [0.29, 0.717) is 26.2 Å². The van der Waals surface area contributed by atoms with E-state index in [-0.39, 0.29) is 16.5 Å². The molecule has 2 fully saturated rings. The van der Waals surface area contributed by atoms with E-state index in [4.69, 9.17) is 23.4 Å². The van der Waals surface area contributed by atoms with E-state index in [0.717, 1.165) is 23.4 Å². The summed E-state index contributed by atoms with van der Waals surface area (Å²) in [5.74, 6) is 0.103. The van der Waals surface area contributed by atoms with Crippen LogP contribution in [0.4, 0.5) is 0 Å². The summed E-state index contributed by atoms with van der Waals surface area (Å²) in [6.07, 6.45) is -0.635. The van der Waals surface area contributed by atoms with Gasteiger partial charge in [0.1, 0.15) is 17.6 Å². The van der Waals surface area contributed by atoms with E-state index >= 15 is 0 Å². The molecule has 2 saturated heterocycles. The molecular formula is C41H51NO5SSi. The van der Waals surface area contributed by atoms with E-state index in [9.17, 15) is 0 Å². The number of hydrogen-bond acceptors (Lipinski definition) is 7. The van der Waals surface area contributed by atoms with Crippen molar-refractivity contribution in [3.63, 3.8) is 0 Å². The molecule has 0 saturated carbocycles. The number of benzene rings is 4. The number of methoxy groups -OCH3 is 1. The van der Waals surface area contributed by atoms with Crippen LogP contribution < -0.4 is 10.4 Å². The zero-order valence-electron chi connectivity index (χ0n) is 29.5. The Balaban J connectivity index is 1.40. The second-order valence-corrected chi connectivity index (χ2v) is 19.6. The van der Waals surface area contributed by atoms with E-state index in [1.54, 1.807) is 7.11 Å². The maximum Gasteiger partial charge on any atom is 0.261 e. The van der Waals surface area contributed by atoms with Crippen molar-refractivity contribution < 1.29 is 23.4 Å². The van der Waals surface area contributed by atoms with Gasteiger partial charge in [0.15, 0.2) is 5.79 Å². The van der Waals surface area contributed by atoms with E-state index in [1.165, 1.54) is 10.4 Å². The highest BCUT2D eigenvalue weighted by Gasteiger charge is 2.57. The Hall–Kier alpha value is -2.79. The minimum atomic E-state index is -2.88. The predicted molar refractivity (Wildman–Crippen MR) is 202 cm³/mol. The van der Waals surface area contributed by atoms with Crippen molar-refractivity contribution in [2.45, 2.75) is 74.9 Å². The van der Waals surface area contributed by atoms with Crippen LogP contribution in [0.15, 0.2) is 121 Å². The molecule has 49 heavy (non-hydrogen) atoms. The van der Waals surface area contributed by atoms with Gasteiger partial charge in [-0.2, -0.15) is 0 Å². The van der Waals surface area contributed by atoms with Crippen LogP contribution in [0.1, 0.15) is 38.3 Å². The summed E-state index contributed by atoms with van der Waals surface area (Å²) in [6, 6.07) is 42.2. The van der Waals surface area contributed by atoms with Crippen LogP contribution in [0.25, 0.3) is 0 Å². The quantitative estimate of drug-likeness (QED) is 0.141. The second kappa shape index (κ2) is 16.0. The average molecular weight is 698 g/mol. The van der Waals surface area contributed by atoms with Crippen molar-refractivity contribution in [1.82, 2.24) is 4.90 Å². The Kier molecular flexibility index (Phi) is 11.8. The lowest BCUT2D eigenvalue weighted by Gasteiger charge is -2.51. The predicted octanol–water partition coefficient (Wildman–Crippen LogP) is 6.87. The van der Waals surface area contributed by atoms with Crippen LogP contribution in [0.5, 0.6) is 0 Å². The minimum absolute atomic E-state index is 0.00534. The molecule has 4 aromatic rings. The van der Waals surface area contributed by atoms with Crippen molar-refractivity contribution in [3.8, 4) is 0 Å². The van der Waals surface area contributed by atoms with E-state index in [1.807, 2.05) is 36.0 Å². The first kappa shape index (κ1) is 36.0. The van der Waals surface area contributed by atoms with Crippen LogP contribution in [-0.2, 0) is 36.6 Å². The molecular weight excluding hydrogens is 647 g/mol. The van der Waals surface area contributed by atoms with Gasteiger partial charge in [0, 0.05) is 25.8 Å².